The lowest BCUT2D eigenvalue weighted by molar-refractivity contribution is -0.123. The molecule has 0 N–H and O–H groups in total. The van der Waals surface area contributed by atoms with Crippen LogP contribution in [0.5, 0.6) is 0 Å². The van der Waals surface area contributed by atoms with E-state index in [0.29, 0.717) is 49.3 Å². The molecule has 8 nitrogen and oxygen atoms in total. The summed E-state index contributed by atoms with van der Waals surface area (Å²) in [5.41, 5.74) is 1.05. The quantitative estimate of drug-likeness (QED) is 0.562. The van der Waals surface area contributed by atoms with Gasteiger partial charge in [-0.2, -0.15) is 4.31 Å². The van der Waals surface area contributed by atoms with Crippen molar-refractivity contribution in [2.75, 3.05) is 38.7 Å². The number of Topliss-reactive ketones (excluding diaryl/α,β-unsaturated/α-hetero) is 1. The van der Waals surface area contributed by atoms with Gasteiger partial charge in [0.15, 0.2) is 5.16 Å². The monoisotopic (exact) mass is 481 g/mol. The zero-order valence-corrected chi connectivity index (χ0v) is 20.5. The Bertz CT molecular complexity index is 1080. The fourth-order valence-corrected chi connectivity index (χ4v) is 6.42. The molecule has 2 fully saturated rings. The van der Waals surface area contributed by atoms with E-state index in [1.807, 2.05) is 26.8 Å². The SMILES string of the molecule is CC(C)(C)C(=O)CSc1nc2cc(S(=O)(=O)N3CCOCC3)ccc2n1CC1CCCO1. The lowest BCUT2D eigenvalue weighted by atomic mass is 9.92. The topological polar surface area (TPSA) is 90.7 Å². The summed E-state index contributed by atoms with van der Waals surface area (Å²) >= 11 is 1.40. The Morgan fingerprint density at radius 3 is 2.62 bits per heavy atom. The van der Waals surface area contributed by atoms with Gasteiger partial charge in [-0.3, -0.25) is 4.79 Å². The highest BCUT2D eigenvalue weighted by Gasteiger charge is 2.28. The van der Waals surface area contributed by atoms with Crippen LogP contribution in [-0.4, -0.2) is 72.8 Å². The zero-order chi connectivity index (χ0) is 22.9. The second kappa shape index (κ2) is 9.42. The molecule has 2 saturated heterocycles. The number of aromatic nitrogens is 2. The van der Waals surface area contributed by atoms with Crippen LogP contribution in [0.1, 0.15) is 33.6 Å². The number of ether oxygens (including phenoxy) is 2. The van der Waals surface area contributed by atoms with Crippen LogP contribution < -0.4 is 0 Å². The minimum Gasteiger partial charge on any atom is -0.379 e. The molecule has 1 unspecified atom stereocenters. The Kier molecular flexibility index (Phi) is 6.97. The fraction of sp³-hybridized carbons (Fsp3) is 0.636. The number of rotatable bonds is 7. The summed E-state index contributed by atoms with van der Waals surface area (Å²) in [7, 11) is -3.61. The number of nitrogens with zero attached hydrogens (tertiary/aromatic N) is 3. The highest BCUT2D eigenvalue weighted by Crippen LogP contribution is 2.30. The molecular formula is C22H31N3O5S2. The molecule has 3 heterocycles. The number of morpholine rings is 1. The van der Waals surface area contributed by atoms with E-state index < -0.39 is 15.4 Å². The number of carbonyl (C=O) groups is 1. The normalized spacial score (nSPS) is 20.8. The van der Waals surface area contributed by atoms with Gasteiger partial charge in [-0.05, 0) is 31.0 Å². The van der Waals surface area contributed by atoms with Crippen molar-refractivity contribution in [2.45, 2.75) is 56.3 Å². The average molecular weight is 482 g/mol. The number of hydrogen-bond donors (Lipinski definition) is 0. The number of hydrogen-bond acceptors (Lipinski definition) is 7. The van der Waals surface area contributed by atoms with Crippen LogP contribution in [0.4, 0.5) is 0 Å². The van der Waals surface area contributed by atoms with E-state index in [4.69, 9.17) is 14.5 Å². The molecule has 0 amide bonds. The largest absolute Gasteiger partial charge is 0.379 e. The first-order valence-corrected chi connectivity index (χ1v) is 13.4. The third kappa shape index (κ3) is 5.04. The van der Waals surface area contributed by atoms with Gasteiger partial charge < -0.3 is 14.0 Å². The van der Waals surface area contributed by atoms with Gasteiger partial charge in [-0.1, -0.05) is 32.5 Å². The molecule has 0 radical (unpaired) electrons. The average Bonchev–Trinajstić information content (AvgIpc) is 3.40. The molecule has 1 aromatic carbocycles. The van der Waals surface area contributed by atoms with Crippen molar-refractivity contribution in [2.24, 2.45) is 5.41 Å². The summed E-state index contributed by atoms with van der Waals surface area (Å²) in [6.07, 6.45) is 2.11. The van der Waals surface area contributed by atoms with E-state index in [9.17, 15) is 13.2 Å². The Morgan fingerprint density at radius 1 is 1.22 bits per heavy atom. The zero-order valence-electron chi connectivity index (χ0n) is 18.9. The third-order valence-corrected chi connectivity index (χ3v) is 8.74. The number of benzene rings is 1. The highest BCUT2D eigenvalue weighted by atomic mass is 32.2. The standard InChI is InChI=1S/C22H31N3O5S2/c1-22(2,3)20(26)15-31-21-23-18-13-17(32(27,28)24-8-11-29-12-9-24)6-7-19(18)25(21)14-16-5-4-10-30-16/h6-7,13,16H,4-5,8-12,14-15H2,1-3H3. The third-order valence-electron chi connectivity index (χ3n) is 5.87. The maximum atomic E-state index is 13.1. The van der Waals surface area contributed by atoms with E-state index in [2.05, 4.69) is 4.57 Å². The molecule has 2 aliphatic rings. The van der Waals surface area contributed by atoms with Crippen molar-refractivity contribution in [1.29, 1.82) is 0 Å². The van der Waals surface area contributed by atoms with Crippen molar-refractivity contribution in [3.8, 4) is 0 Å². The van der Waals surface area contributed by atoms with Crippen LogP contribution in [-0.2, 0) is 30.8 Å². The molecule has 2 aromatic rings. The molecule has 0 saturated carbocycles. The highest BCUT2D eigenvalue weighted by molar-refractivity contribution is 7.99. The van der Waals surface area contributed by atoms with Crippen LogP contribution in [0.15, 0.2) is 28.3 Å². The van der Waals surface area contributed by atoms with Crippen LogP contribution in [0, 0.1) is 5.41 Å². The molecule has 0 bridgehead atoms. The van der Waals surface area contributed by atoms with Crippen molar-refractivity contribution in [3.63, 3.8) is 0 Å². The lowest BCUT2D eigenvalue weighted by Crippen LogP contribution is -2.40. The molecule has 1 atom stereocenters. The van der Waals surface area contributed by atoms with Gasteiger partial charge in [0, 0.05) is 25.1 Å². The van der Waals surface area contributed by atoms with Crippen LogP contribution in [0.25, 0.3) is 11.0 Å². The summed E-state index contributed by atoms with van der Waals surface area (Å²) in [5.74, 6) is 0.464. The van der Waals surface area contributed by atoms with Crippen molar-refractivity contribution in [3.05, 3.63) is 18.2 Å². The summed E-state index contributed by atoms with van der Waals surface area (Å²) < 4.78 is 40.8. The van der Waals surface area contributed by atoms with Crippen LogP contribution >= 0.6 is 11.8 Å². The first kappa shape index (κ1) is 23.7. The van der Waals surface area contributed by atoms with Gasteiger partial charge in [0.05, 0.1) is 47.5 Å². The maximum absolute atomic E-state index is 13.1. The van der Waals surface area contributed by atoms with Crippen molar-refractivity contribution >= 4 is 38.6 Å². The molecule has 4 rings (SSSR count). The van der Waals surface area contributed by atoms with E-state index >= 15 is 0 Å². The smallest absolute Gasteiger partial charge is 0.243 e. The molecule has 176 valence electrons. The number of sulfonamides is 1. The number of thioether (sulfide) groups is 1. The summed E-state index contributed by atoms with van der Waals surface area (Å²) in [5, 5.41) is 0.717. The minimum atomic E-state index is -3.61. The second-order valence-corrected chi connectivity index (χ2v) is 12.1. The summed E-state index contributed by atoms with van der Waals surface area (Å²) in [4.78, 5) is 17.5. The van der Waals surface area contributed by atoms with Crippen molar-refractivity contribution < 1.29 is 22.7 Å². The number of fused-ring (bicyclic) bond motifs is 1. The fourth-order valence-electron chi connectivity index (χ4n) is 3.81. The van der Waals surface area contributed by atoms with E-state index in [0.717, 1.165) is 25.0 Å². The van der Waals surface area contributed by atoms with Crippen molar-refractivity contribution in [1.82, 2.24) is 13.9 Å². The first-order chi connectivity index (χ1) is 15.2. The van der Waals surface area contributed by atoms with E-state index in [1.165, 1.54) is 16.1 Å². The first-order valence-electron chi connectivity index (χ1n) is 11.0. The van der Waals surface area contributed by atoms with Crippen LogP contribution in [0.3, 0.4) is 0 Å². The van der Waals surface area contributed by atoms with Gasteiger partial charge in [0.1, 0.15) is 5.78 Å². The molecule has 0 aliphatic carbocycles. The predicted molar refractivity (Wildman–Crippen MR) is 123 cm³/mol. The molecule has 2 aliphatic heterocycles. The number of imidazole rings is 1. The Balaban J connectivity index is 1.66. The Hall–Kier alpha value is -1.46. The summed E-state index contributed by atoms with van der Waals surface area (Å²) in [6.45, 7) is 8.63. The molecular weight excluding hydrogens is 450 g/mol. The Labute approximate surface area is 193 Å². The molecule has 1 aromatic heterocycles. The molecule has 10 heteroatoms. The molecule has 32 heavy (non-hydrogen) atoms. The Morgan fingerprint density at radius 2 is 1.97 bits per heavy atom. The number of ketones is 1. The lowest BCUT2D eigenvalue weighted by Gasteiger charge is -2.26. The van der Waals surface area contributed by atoms with E-state index in [1.54, 1.807) is 12.1 Å². The van der Waals surface area contributed by atoms with Gasteiger partial charge in [0.25, 0.3) is 0 Å². The minimum absolute atomic E-state index is 0.0989. The summed E-state index contributed by atoms with van der Waals surface area (Å²) in [6, 6.07) is 5.11. The van der Waals surface area contributed by atoms with E-state index in [-0.39, 0.29) is 16.8 Å². The van der Waals surface area contributed by atoms with Gasteiger partial charge in [0.2, 0.25) is 10.0 Å². The maximum Gasteiger partial charge on any atom is 0.243 e. The molecule has 0 spiro atoms. The van der Waals surface area contributed by atoms with Gasteiger partial charge >= 0.3 is 0 Å². The predicted octanol–water partition coefficient (Wildman–Crippen LogP) is 2.94. The van der Waals surface area contributed by atoms with Crippen LogP contribution in [0.2, 0.25) is 0 Å². The van der Waals surface area contributed by atoms with Gasteiger partial charge in [-0.15, -0.1) is 0 Å². The van der Waals surface area contributed by atoms with Gasteiger partial charge in [-0.25, -0.2) is 13.4 Å². The second-order valence-electron chi connectivity index (χ2n) is 9.27. The number of carbonyl (C=O) groups excluding carboxylic acids is 1.